The standard InChI is InChI=1S/C25H26N4O3S/c1-4-29(5-2)33(31,32)23-16-20(10-9-18(23)3)25(30)26-21-13-11-19(12-14-21)22-17-28-15-7-6-8-24(28)27-22/h6-17H,4-5H2,1-3H3,(H,26,30). The average Bonchev–Trinajstić information content (AvgIpc) is 3.24. The highest BCUT2D eigenvalue weighted by atomic mass is 32.2. The highest BCUT2D eigenvalue weighted by Gasteiger charge is 2.24. The van der Waals surface area contributed by atoms with E-state index in [9.17, 15) is 13.2 Å². The Hall–Kier alpha value is -3.49. The van der Waals surface area contributed by atoms with Crippen molar-refractivity contribution < 1.29 is 13.2 Å². The lowest BCUT2D eigenvalue weighted by atomic mass is 10.1. The molecule has 7 nitrogen and oxygen atoms in total. The van der Waals surface area contributed by atoms with Crippen molar-refractivity contribution in [3.8, 4) is 11.3 Å². The zero-order valence-electron chi connectivity index (χ0n) is 18.8. The number of carbonyl (C=O) groups excluding carboxylic acids is 1. The van der Waals surface area contributed by atoms with Crippen LogP contribution in [-0.4, -0.2) is 41.1 Å². The SMILES string of the molecule is CCN(CC)S(=O)(=O)c1cc(C(=O)Nc2ccc(-c3cn4ccccc4n3)cc2)ccc1C. The van der Waals surface area contributed by atoms with E-state index < -0.39 is 10.0 Å². The smallest absolute Gasteiger partial charge is 0.255 e. The van der Waals surface area contributed by atoms with Gasteiger partial charge in [0.1, 0.15) is 5.65 Å². The van der Waals surface area contributed by atoms with E-state index in [1.807, 2.05) is 47.1 Å². The molecule has 4 rings (SSSR count). The Morgan fingerprint density at radius 1 is 1.03 bits per heavy atom. The molecule has 170 valence electrons. The molecule has 0 radical (unpaired) electrons. The summed E-state index contributed by atoms with van der Waals surface area (Å²) < 4.78 is 29.3. The molecule has 2 aromatic heterocycles. The number of rotatable bonds is 7. The Labute approximate surface area is 193 Å². The largest absolute Gasteiger partial charge is 0.322 e. The van der Waals surface area contributed by atoms with E-state index in [1.54, 1.807) is 45.0 Å². The number of sulfonamides is 1. The van der Waals surface area contributed by atoms with Crippen LogP contribution in [0, 0.1) is 6.92 Å². The van der Waals surface area contributed by atoms with Gasteiger partial charge in [-0.3, -0.25) is 4.79 Å². The molecule has 0 saturated carbocycles. The van der Waals surface area contributed by atoms with Gasteiger partial charge < -0.3 is 9.72 Å². The molecule has 0 saturated heterocycles. The summed E-state index contributed by atoms with van der Waals surface area (Å²) >= 11 is 0. The molecule has 1 N–H and O–H groups in total. The van der Waals surface area contributed by atoms with E-state index in [0.717, 1.165) is 16.9 Å². The Bertz CT molecular complexity index is 1370. The summed E-state index contributed by atoms with van der Waals surface area (Å²) in [4.78, 5) is 17.6. The van der Waals surface area contributed by atoms with Crippen molar-refractivity contribution in [2.75, 3.05) is 18.4 Å². The second-order valence-electron chi connectivity index (χ2n) is 7.69. The van der Waals surface area contributed by atoms with Crippen molar-refractivity contribution in [2.24, 2.45) is 0 Å². The number of benzene rings is 2. The Morgan fingerprint density at radius 2 is 1.76 bits per heavy atom. The zero-order valence-corrected chi connectivity index (χ0v) is 19.6. The van der Waals surface area contributed by atoms with E-state index in [-0.39, 0.29) is 16.4 Å². The minimum atomic E-state index is -3.66. The van der Waals surface area contributed by atoms with E-state index in [0.29, 0.717) is 24.3 Å². The first-order chi connectivity index (χ1) is 15.8. The first-order valence-electron chi connectivity index (χ1n) is 10.8. The van der Waals surface area contributed by atoms with Gasteiger partial charge >= 0.3 is 0 Å². The highest BCUT2D eigenvalue weighted by Crippen LogP contribution is 2.24. The van der Waals surface area contributed by atoms with Crippen LogP contribution in [0.4, 0.5) is 5.69 Å². The monoisotopic (exact) mass is 462 g/mol. The molecule has 0 bridgehead atoms. The van der Waals surface area contributed by atoms with Crippen molar-refractivity contribution in [2.45, 2.75) is 25.7 Å². The Balaban J connectivity index is 1.55. The van der Waals surface area contributed by atoms with Crippen LogP contribution in [0.15, 0.2) is 78.0 Å². The molecule has 0 aliphatic rings. The first kappa shape index (κ1) is 22.7. The molecule has 0 spiro atoms. The lowest BCUT2D eigenvalue weighted by molar-refractivity contribution is 0.102. The summed E-state index contributed by atoms with van der Waals surface area (Å²) in [6.07, 6.45) is 3.89. The van der Waals surface area contributed by atoms with Crippen molar-refractivity contribution in [3.63, 3.8) is 0 Å². The first-order valence-corrected chi connectivity index (χ1v) is 12.2. The predicted octanol–water partition coefficient (Wildman–Crippen LogP) is 4.59. The molecule has 0 aliphatic carbocycles. The highest BCUT2D eigenvalue weighted by molar-refractivity contribution is 7.89. The summed E-state index contributed by atoms with van der Waals surface area (Å²) in [5.74, 6) is -0.369. The number of carbonyl (C=O) groups is 1. The van der Waals surface area contributed by atoms with E-state index in [1.165, 1.54) is 10.4 Å². The number of pyridine rings is 1. The molecule has 1 amide bonds. The second kappa shape index (κ2) is 9.17. The Kier molecular flexibility index (Phi) is 6.31. The molecule has 8 heteroatoms. The van der Waals surface area contributed by atoms with Gasteiger partial charge in [0.15, 0.2) is 0 Å². The van der Waals surface area contributed by atoms with Gasteiger partial charge in [-0.1, -0.05) is 38.1 Å². The number of aromatic nitrogens is 2. The number of nitrogens with zero attached hydrogens (tertiary/aromatic N) is 3. The van der Waals surface area contributed by atoms with Crippen LogP contribution in [0.2, 0.25) is 0 Å². The number of hydrogen-bond donors (Lipinski definition) is 1. The van der Waals surface area contributed by atoms with Gasteiger partial charge in [-0.25, -0.2) is 13.4 Å². The van der Waals surface area contributed by atoms with Crippen molar-refractivity contribution in [1.29, 1.82) is 0 Å². The minimum Gasteiger partial charge on any atom is -0.322 e. The van der Waals surface area contributed by atoms with Crippen LogP contribution in [0.3, 0.4) is 0 Å². The molecule has 2 aromatic carbocycles. The van der Waals surface area contributed by atoms with Gasteiger partial charge in [-0.15, -0.1) is 0 Å². The molecule has 0 fully saturated rings. The number of aryl methyl sites for hydroxylation is 1. The maximum atomic E-state index is 13.0. The maximum absolute atomic E-state index is 13.0. The quantitative estimate of drug-likeness (QED) is 0.435. The number of fused-ring (bicyclic) bond motifs is 1. The van der Waals surface area contributed by atoms with Crippen LogP contribution in [-0.2, 0) is 10.0 Å². The van der Waals surface area contributed by atoms with Crippen molar-refractivity contribution in [3.05, 3.63) is 84.2 Å². The van der Waals surface area contributed by atoms with Gasteiger partial charge in [0, 0.05) is 42.3 Å². The fourth-order valence-corrected chi connectivity index (χ4v) is 5.43. The summed E-state index contributed by atoms with van der Waals surface area (Å²) in [6, 6.07) is 18.0. The number of hydrogen-bond acceptors (Lipinski definition) is 4. The van der Waals surface area contributed by atoms with E-state index in [4.69, 9.17) is 0 Å². The van der Waals surface area contributed by atoms with E-state index >= 15 is 0 Å². The molecular formula is C25H26N4O3S. The van der Waals surface area contributed by atoms with Gasteiger partial charge in [0.2, 0.25) is 10.0 Å². The molecule has 4 aromatic rings. The second-order valence-corrected chi connectivity index (χ2v) is 9.60. The van der Waals surface area contributed by atoms with E-state index in [2.05, 4.69) is 10.3 Å². The molecule has 0 unspecified atom stereocenters. The lowest BCUT2D eigenvalue weighted by Crippen LogP contribution is -2.31. The summed E-state index contributed by atoms with van der Waals surface area (Å²) in [6.45, 7) is 6.06. The lowest BCUT2D eigenvalue weighted by Gasteiger charge is -2.20. The maximum Gasteiger partial charge on any atom is 0.255 e. The minimum absolute atomic E-state index is 0.154. The third kappa shape index (κ3) is 4.53. The van der Waals surface area contributed by atoms with Crippen molar-refractivity contribution >= 4 is 27.3 Å². The van der Waals surface area contributed by atoms with Gasteiger partial charge in [0.25, 0.3) is 5.91 Å². The molecule has 0 aliphatic heterocycles. The van der Waals surface area contributed by atoms with Crippen LogP contribution in [0.5, 0.6) is 0 Å². The number of anilines is 1. The summed E-state index contributed by atoms with van der Waals surface area (Å²) in [5.41, 5.74) is 4.13. The summed E-state index contributed by atoms with van der Waals surface area (Å²) in [7, 11) is -3.66. The van der Waals surface area contributed by atoms with Gasteiger partial charge in [-0.2, -0.15) is 4.31 Å². The predicted molar refractivity (Wildman–Crippen MR) is 130 cm³/mol. The normalized spacial score (nSPS) is 11.8. The van der Waals surface area contributed by atoms with Crippen molar-refractivity contribution in [1.82, 2.24) is 13.7 Å². The van der Waals surface area contributed by atoms with Gasteiger partial charge in [-0.05, 0) is 48.9 Å². The topological polar surface area (TPSA) is 83.8 Å². The number of amides is 1. The van der Waals surface area contributed by atoms with Crippen LogP contribution in [0.1, 0.15) is 29.8 Å². The average molecular weight is 463 g/mol. The molecule has 33 heavy (non-hydrogen) atoms. The summed E-state index contributed by atoms with van der Waals surface area (Å²) in [5, 5.41) is 2.85. The van der Waals surface area contributed by atoms with Crippen LogP contribution < -0.4 is 5.32 Å². The molecule has 0 atom stereocenters. The fraction of sp³-hybridized carbons (Fsp3) is 0.200. The van der Waals surface area contributed by atoms with Crippen LogP contribution in [0.25, 0.3) is 16.9 Å². The third-order valence-electron chi connectivity index (χ3n) is 5.58. The van der Waals surface area contributed by atoms with Crippen LogP contribution >= 0.6 is 0 Å². The number of nitrogens with one attached hydrogen (secondary N) is 1. The third-order valence-corrected chi connectivity index (χ3v) is 7.77. The molecular weight excluding hydrogens is 436 g/mol. The Morgan fingerprint density at radius 3 is 2.42 bits per heavy atom. The number of imidazole rings is 1. The zero-order chi connectivity index (χ0) is 23.6. The fourth-order valence-electron chi connectivity index (χ4n) is 3.72. The molecule has 2 heterocycles. The van der Waals surface area contributed by atoms with Gasteiger partial charge in [0.05, 0.1) is 10.6 Å².